The Morgan fingerprint density at radius 2 is 2.05 bits per heavy atom. The highest BCUT2D eigenvalue weighted by Gasteiger charge is 2.12. The summed E-state index contributed by atoms with van der Waals surface area (Å²) in [6.45, 7) is 0.0136. The van der Waals surface area contributed by atoms with Gasteiger partial charge in [-0.3, -0.25) is 10.1 Å². The number of halogens is 2. The Morgan fingerprint density at radius 1 is 1.30 bits per heavy atom. The summed E-state index contributed by atoms with van der Waals surface area (Å²) in [6, 6.07) is 8.73. The minimum Gasteiger partial charge on any atom is -0.486 e. The molecule has 0 spiro atoms. The minimum atomic E-state index is -0.570. The van der Waals surface area contributed by atoms with Crippen molar-refractivity contribution in [3.05, 3.63) is 62.4 Å². The molecular formula is C13H10BrFN2O3. The normalized spacial score (nSPS) is 10.3. The van der Waals surface area contributed by atoms with Gasteiger partial charge < -0.3 is 10.5 Å². The number of hydrogen-bond acceptors (Lipinski definition) is 4. The summed E-state index contributed by atoms with van der Waals surface area (Å²) in [5, 5.41) is 10.8. The van der Waals surface area contributed by atoms with Gasteiger partial charge in [0.15, 0.2) is 11.6 Å². The van der Waals surface area contributed by atoms with Gasteiger partial charge in [0.05, 0.1) is 4.92 Å². The second kappa shape index (κ2) is 5.87. The van der Waals surface area contributed by atoms with Crippen LogP contribution >= 0.6 is 15.9 Å². The molecule has 0 bridgehead atoms. The number of rotatable bonds is 4. The lowest BCUT2D eigenvalue weighted by atomic mass is 10.2. The van der Waals surface area contributed by atoms with Crippen LogP contribution in [0.2, 0.25) is 0 Å². The number of nitrogens with two attached hydrogens (primary N) is 1. The van der Waals surface area contributed by atoms with Gasteiger partial charge in [-0.25, -0.2) is 4.39 Å². The lowest BCUT2D eigenvalue weighted by molar-refractivity contribution is -0.384. The average molecular weight is 341 g/mol. The zero-order valence-electron chi connectivity index (χ0n) is 10.2. The largest absolute Gasteiger partial charge is 0.486 e. The van der Waals surface area contributed by atoms with Crippen molar-refractivity contribution in [2.24, 2.45) is 0 Å². The molecule has 2 aromatic rings. The molecule has 0 atom stereocenters. The molecule has 20 heavy (non-hydrogen) atoms. The maximum atomic E-state index is 13.5. The standard InChI is InChI=1S/C13H10BrFN2O3/c14-9-2-4-13(10(15)6-9)20-7-8-1-3-11(16)12(5-8)17(18)19/h1-6H,7,16H2. The fraction of sp³-hybridized carbons (Fsp3) is 0.0769. The Balaban J connectivity index is 2.15. The van der Waals surface area contributed by atoms with Crippen molar-refractivity contribution in [2.45, 2.75) is 6.61 Å². The molecule has 0 heterocycles. The summed E-state index contributed by atoms with van der Waals surface area (Å²) in [5.74, 6) is -0.433. The van der Waals surface area contributed by atoms with E-state index in [2.05, 4.69) is 15.9 Å². The van der Waals surface area contributed by atoms with E-state index in [1.807, 2.05) is 0 Å². The van der Waals surface area contributed by atoms with E-state index < -0.39 is 10.7 Å². The van der Waals surface area contributed by atoms with Crippen LogP contribution in [0.1, 0.15) is 5.56 Å². The molecule has 0 aliphatic heterocycles. The maximum absolute atomic E-state index is 13.5. The van der Waals surface area contributed by atoms with Crippen LogP contribution in [-0.4, -0.2) is 4.92 Å². The molecule has 5 nitrogen and oxygen atoms in total. The summed E-state index contributed by atoms with van der Waals surface area (Å²) >= 11 is 3.14. The minimum absolute atomic E-state index is 0.0136. The van der Waals surface area contributed by atoms with Gasteiger partial charge in [-0.05, 0) is 29.8 Å². The average Bonchev–Trinajstić information content (AvgIpc) is 2.39. The molecule has 0 aliphatic rings. The summed E-state index contributed by atoms with van der Waals surface area (Å²) < 4.78 is 19.4. The van der Waals surface area contributed by atoms with Gasteiger partial charge in [0.1, 0.15) is 12.3 Å². The number of ether oxygens (including phenoxy) is 1. The number of nitro benzene ring substituents is 1. The van der Waals surface area contributed by atoms with Gasteiger partial charge in [-0.2, -0.15) is 0 Å². The Bertz CT molecular complexity index is 664. The second-order valence-electron chi connectivity index (χ2n) is 4.01. The highest BCUT2D eigenvalue weighted by molar-refractivity contribution is 9.10. The Hall–Kier alpha value is -2.15. The van der Waals surface area contributed by atoms with Crippen LogP contribution < -0.4 is 10.5 Å². The van der Waals surface area contributed by atoms with Crippen molar-refractivity contribution in [3.8, 4) is 5.75 Å². The molecule has 0 saturated heterocycles. The summed E-state index contributed by atoms with van der Waals surface area (Å²) in [4.78, 5) is 10.2. The maximum Gasteiger partial charge on any atom is 0.292 e. The van der Waals surface area contributed by atoms with Crippen molar-refractivity contribution in [1.29, 1.82) is 0 Å². The van der Waals surface area contributed by atoms with E-state index in [1.165, 1.54) is 24.3 Å². The van der Waals surface area contributed by atoms with Gasteiger partial charge in [0, 0.05) is 10.5 Å². The van der Waals surface area contributed by atoms with E-state index in [0.717, 1.165) is 0 Å². The van der Waals surface area contributed by atoms with Crippen molar-refractivity contribution in [2.75, 3.05) is 5.73 Å². The van der Waals surface area contributed by atoms with Gasteiger partial charge >= 0.3 is 0 Å². The molecular weight excluding hydrogens is 331 g/mol. The molecule has 7 heteroatoms. The summed E-state index contributed by atoms with van der Waals surface area (Å²) in [7, 11) is 0. The predicted octanol–water partition coefficient (Wildman–Crippen LogP) is 3.66. The van der Waals surface area contributed by atoms with Crippen LogP contribution in [0, 0.1) is 15.9 Å². The van der Waals surface area contributed by atoms with Crippen LogP contribution in [-0.2, 0) is 6.61 Å². The number of anilines is 1. The first-order chi connectivity index (χ1) is 9.47. The van der Waals surface area contributed by atoms with Crippen molar-refractivity contribution in [3.63, 3.8) is 0 Å². The molecule has 104 valence electrons. The molecule has 0 radical (unpaired) electrons. The topological polar surface area (TPSA) is 78.4 Å². The molecule has 2 rings (SSSR count). The molecule has 2 aromatic carbocycles. The van der Waals surface area contributed by atoms with Gasteiger partial charge in [0.25, 0.3) is 5.69 Å². The predicted molar refractivity (Wildman–Crippen MR) is 75.9 cm³/mol. The van der Waals surface area contributed by atoms with Gasteiger partial charge in [0.2, 0.25) is 0 Å². The molecule has 0 amide bonds. The third kappa shape index (κ3) is 3.24. The van der Waals surface area contributed by atoms with Gasteiger partial charge in [-0.15, -0.1) is 0 Å². The molecule has 0 unspecified atom stereocenters. The van der Waals surface area contributed by atoms with E-state index in [9.17, 15) is 14.5 Å². The van der Waals surface area contributed by atoms with E-state index in [1.54, 1.807) is 12.1 Å². The quantitative estimate of drug-likeness (QED) is 0.523. The SMILES string of the molecule is Nc1ccc(COc2ccc(Br)cc2F)cc1[N+](=O)[O-]. The first-order valence-corrected chi connectivity index (χ1v) is 6.37. The third-order valence-corrected chi connectivity index (χ3v) is 3.07. The third-order valence-electron chi connectivity index (χ3n) is 2.58. The summed E-state index contributed by atoms with van der Waals surface area (Å²) in [5.41, 5.74) is 5.91. The van der Waals surface area contributed by atoms with Crippen LogP contribution in [0.15, 0.2) is 40.9 Å². The first-order valence-electron chi connectivity index (χ1n) is 5.58. The van der Waals surface area contributed by atoms with Crippen LogP contribution in [0.25, 0.3) is 0 Å². The monoisotopic (exact) mass is 340 g/mol. The van der Waals surface area contributed by atoms with E-state index in [0.29, 0.717) is 10.0 Å². The highest BCUT2D eigenvalue weighted by Crippen LogP contribution is 2.25. The zero-order chi connectivity index (χ0) is 14.7. The van der Waals surface area contributed by atoms with E-state index in [-0.39, 0.29) is 23.7 Å². The fourth-order valence-corrected chi connectivity index (χ4v) is 1.92. The molecule has 2 N–H and O–H groups in total. The van der Waals surface area contributed by atoms with Crippen molar-refractivity contribution < 1.29 is 14.1 Å². The number of benzene rings is 2. The number of nitrogens with zero attached hydrogens (tertiary/aromatic N) is 1. The van der Waals surface area contributed by atoms with E-state index in [4.69, 9.17) is 10.5 Å². The summed E-state index contributed by atoms with van der Waals surface area (Å²) in [6.07, 6.45) is 0. The molecule has 0 aliphatic carbocycles. The number of nitrogen functional groups attached to an aromatic ring is 1. The van der Waals surface area contributed by atoms with Crippen LogP contribution in [0.4, 0.5) is 15.8 Å². The van der Waals surface area contributed by atoms with Crippen molar-refractivity contribution >= 4 is 27.3 Å². The van der Waals surface area contributed by atoms with Crippen molar-refractivity contribution in [1.82, 2.24) is 0 Å². The lowest BCUT2D eigenvalue weighted by Crippen LogP contribution is -2.01. The molecule has 0 saturated carbocycles. The van der Waals surface area contributed by atoms with E-state index >= 15 is 0 Å². The highest BCUT2D eigenvalue weighted by atomic mass is 79.9. The smallest absolute Gasteiger partial charge is 0.292 e. The number of nitro groups is 1. The Labute approximate surface area is 122 Å². The number of hydrogen-bond donors (Lipinski definition) is 1. The zero-order valence-corrected chi connectivity index (χ0v) is 11.8. The Kier molecular flexibility index (Phi) is 4.19. The second-order valence-corrected chi connectivity index (χ2v) is 4.93. The lowest BCUT2D eigenvalue weighted by Gasteiger charge is -2.08. The van der Waals surface area contributed by atoms with Crippen LogP contribution in [0.5, 0.6) is 5.75 Å². The molecule has 0 fully saturated rings. The molecule has 0 aromatic heterocycles. The Morgan fingerprint density at radius 3 is 2.70 bits per heavy atom. The fourth-order valence-electron chi connectivity index (χ4n) is 1.59. The first kappa shape index (κ1) is 14.3. The van der Waals surface area contributed by atoms with Gasteiger partial charge in [-0.1, -0.05) is 22.0 Å². The van der Waals surface area contributed by atoms with Crippen LogP contribution in [0.3, 0.4) is 0 Å².